The number of hydrogen-bond donors (Lipinski definition) is 0. The van der Waals surface area contributed by atoms with E-state index in [1.54, 1.807) is 24.4 Å². The van der Waals surface area contributed by atoms with Crippen LogP contribution in [0.2, 0.25) is 10.0 Å². The highest BCUT2D eigenvalue weighted by molar-refractivity contribution is 6.30. The summed E-state index contributed by atoms with van der Waals surface area (Å²) >= 11 is 12.1. The lowest BCUT2D eigenvalue weighted by molar-refractivity contribution is 0.315. The fraction of sp³-hybridized carbons (Fsp3) is 0.115. The van der Waals surface area contributed by atoms with Crippen molar-refractivity contribution >= 4 is 28.8 Å². The van der Waals surface area contributed by atoms with Crippen molar-refractivity contribution in [2.75, 3.05) is 7.05 Å². The highest BCUT2D eigenvalue weighted by Crippen LogP contribution is 2.26. The van der Waals surface area contributed by atoms with E-state index in [0.717, 1.165) is 22.5 Å². The van der Waals surface area contributed by atoms with E-state index in [1.807, 2.05) is 72.5 Å². The van der Waals surface area contributed by atoms with E-state index in [-0.39, 0.29) is 5.56 Å². The lowest BCUT2D eigenvalue weighted by Gasteiger charge is -2.16. The summed E-state index contributed by atoms with van der Waals surface area (Å²) in [7, 11) is 2.00. The first kappa shape index (κ1) is 22.3. The van der Waals surface area contributed by atoms with Gasteiger partial charge in [0.2, 0.25) is 0 Å². The highest BCUT2D eigenvalue weighted by atomic mass is 35.5. The van der Waals surface area contributed by atoms with Crippen molar-refractivity contribution in [1.82, 2.24) is 24.1 Å². The predicted octanol–water partition coefficient (Wildman–Crippen LogP) is 5.49. The van der Waals surface area contributed by atoms with Crippen LogP contribution < -0.4 is 5.56 Å². The highest BCUT2D eigenvalue weighted by Gasteiger charge is 2.15. The number of benzene rings is 2. The second kappa shape index (κ2) is 9.43. The molecule has 0 amide bonds. The maximum atomic E-state index is 12.5. The van der Waals surface area contributed by atoms with Crippen molar-refractivity contribution in [3.63, 3.8) is 0 Å². The lowest BCUT2D eigenvalue weighted by atomic mass is 10.1. The number of pyridine rings is 1. The summed E-state index contributed by atoms with van der Waals surface area (Å²) in [6.45, 7) is 1.12. The first-order valence-corrected chi connectivity index (χ1v) is 11.5. The van der Waals surface area contributed by atoms with Crippen LogP contribution in [0.15, 0.2) is 90.0 Å². The van der Waals surface area contributed by atoms with Gasteiger partial charge < -0.3 is 0 Å². The SMILES string of the molecule is CN(Cc1cc(=O)n2cc(Cl)ccc2n1)Cc1cn(-c2ccccc2)nc1-c1ccc(Cl)cc1. The molecule has 0 radical (unpaired) electrons. The molecule has 3 heterocycles. The maximum absolute atomic E-state index is 12.5. The molecule has 0 bridgehead atoms. The number of hydrogen-bond acceptors (Lipinski definition) is 4. The second-order valence-corrected chi connectivity index (χ2v) is 9.00. The van der Waals surface area contributed by atoms with Crippen LogP contribution in [-0.4, -0.2) is 31.1 Å². The summed E-state index contributed by atoms with van der Waals surface area (Å²) < 4.78 is 3.34. The van der Waals surface area contributed by atoms with Crippen molar-refractivity contribution in [3.05, 3.63) is 117 Å². The molecule has 0 unspecified atom stereocenters. The number of para-hydroxylation sites is 1. The monoisotopic (exact) mass is 489 g/mol. The van der Waals surface area contributed by atoms with Crippen molar-refractivity contribution < 1.29 is 0 Å². The Kier molecular flexibility index (Phi) is 6.20. The van der Waals surface area contributed by atoms with E-state index in [1.165, 1.54) is 4.40 Å². The average molecular weight is 490 g/mol. The molecule has 3 aromatic heterocycles. The molecular formula is C26H21Cl2N5O. The molecule has 5 aromatic rings. The first-order chi connectivity index (χ1) is 16.5. The Morgan fingerprint density at radius 2 is 1.62 bits per heavy atom. The molecule has 0 aliphatic carbocycles. The summed E-state index contributed by atoms with van der Waals surface area (Å²) in [4.78, 5) is 19.3. The molecule has 0 spiro atoms. The number of nitrogens with zero attached hydrogens (tertiary/aromatic N) is 5. The fourth-order valence-electron chi connectivity index (χ4n) is 3.92. The van der Waals surface area contributed by atoms with Crippen molar-refractivity contribution in [3.8, 4) is 16.9 Å². The van der Waals surface area contributed by atoms with Crippen LogP contribution in [0.25, 0.3) is 22.6 Å². The smallest absolute Gasteiger partial charge is 0.258 e. The van der Waals surface area contributed by atoms with E-state index in [0.29, 0.717) is 34.5 Å². The summed E-state index contributed by atoms with van der Waals surface area (Å²) in [5.41, 5.74) is 5.01. The topological polar surface area (TPSA) is 55.4 Å². The molecule has 6 nitrogen and oxygen atoms in total. The van der Waals surface area contributed by atoms with Gasteiger partial charge in [0.15, 0.2) is 0 Å². The van der Waals surface area contributed by atoms with Gasteiger partial charge in [-0.15, -0.1) is 0 Å². The Labute approximate surface area is 206 Å². The zero-order valence-corrected chi connectivity index (χ0v) is 19.9. The summed E-state index contributed by atoms with van der Waals surface area (Å²) in [5, 5.41) is 6.04. The fourth-order valence-corrected chi connectivity index (χ4v) is 4.21. The molecule has 2 aromatic carbocycles. The minimum atomic E-state index is -0.158. The van der Waals surface area contributed by atoms with Crippen LogP contribution in [0, 0.1) is 0 Å². The van der Waals surface area contributed by atoms with Gasteiger partial charge in [-0.1, -0.05) is 53.5 Å². The van der Waals surface area contributed by atoms with Crippen LogP contribution in [0.4, 0.5) is 0 Å². The predicted molar refractivity (Wildman–Crippen MR) is 136 cm³/mol. The number of rotatable bonds is 6. The van der Waals surface area contributed by atoms with Gasteiger partial charge >= 0.3 is 0 Å². The summed E-state index contributed by atoms with van der Waals surface area (Å²) in [5.74, 6) is 0. The summed E-state index contributed by atoms with van der Waals surface area (Å²) in [6.07, 6.45) is 3.62. The minimum Gasteiger partial charge on any atom is -0.296 e. The number of aromatic nitrogens is 4. The van der Waals surface area contributed by atoms with Gasteiger partial charge in [0.05, 0.1) is 22.1 Å². The van der Waals surface area contributed by atoms with Crippen LogP contribution >= 0.6 is 23.2 Å². The Bertz CT molecular complexity index is 1510. The van der Waals surface area contributed by atoms with E-state index in [2.05, 4.69) is 9.88 Å². The Morgan fingerprint density at radius 1 is 0.882 bits per heavy atom. The van der Waals surface area contributed by atoms with Gasteiger partial charge in [-0.05, 0) is 43.4 Å². The molecule has 0 atom stereocenters. The normalized spacial score (nSPS) is 11.4. The Balaban J connectivity index is 1.45. The molecule has 8 heteroatoms. The maximum Gasteiger partial charge on any atom is 0.258 e. The molecule has 170 valence electrons. The minimum absolute atomic E-state index is 0.158. The molecule has 0 aliphatic heterocycles. The van der Waals surface area contributed by atoms with Gasteiger partial charge in [-0.2, -0.15) is 5.10 Å². The van der Waals surface area contributed by atoms with Gasteiger partial charge in [0.25, 0.3) is 5.56 Å². The van der Waals surface area contributed by atoms with Crippen LogP contribution in [0.3, 0.4) is 0 Å². The second-order valence-electron chi connectivity index (χ2n) is 8.12. The van der Waals surface area contributed by atoms with Crippen LogP contribution in [-0.2, 0) is 13.1 Å². The Hall–Kier alpha value is -3.45. The standard InChI is InChI=1S/C26H21Cl2N5O/c1-31(17-22-13-25(34)32-16-21(28)11-12-24(32)29-22)14-19-15-33(23-5-3-2-4-6-23)30-26(19)18-7-9-20(27)10-8-18/h2-13,15-16H,14,17H2,1H3. The van der Waals surface area contributed by atoms with Crippen molar-refractivity contribution in [2.24, 2.45) is 0 Å². The average Bonchev–Trinajstić information content (AvgIpc) is 3.24. The van der Waals surface area contributed by atoms with Gasteiger partial charge in [-0.3, -0.25) is 14.1 Å². The molecule has 0 aliphatic rings. The quantitative estimate of drug-likeness (QED) is 0.316. The molecule has 5 rings (SSSR count). The third-order valence-electron chi connectivity index (χ3n) is 5.48. The van der Waals surface area contributed by atoms with E-state index in [9.17, 15) is 4.79 Å². The molecular weight excluding hydrogens is 469 g/mol. The zero-order valence-electron chi connectivity index (χ0n) is 18.4. The third kappa shape index (κ3) is 4.75. The molecule has 0 fully saturated rings. The zero-order chi connectivity index (χ0) is 23.7. The molecule has 34 heavy (non-hydrogen) atoms. The third-order valence-corrected chi connectivity index (χ3v) is 5.95. The van der Waals surface area contributed by atoms with Gasteiger partial charge in [0, 0.05) is 47.7 Å². The largest absolute Gasteiger partial charge is 0.296 e. The number of halogens is 2. The Morgan fingerprint density at radius 3 is 2.38 bits per heavy atom. The molecule has 0 saturated carbocycles. The molecule has 0 saturated heterocycles. The lowest BCUT2D eigenvalue weighted by Crippen LogP contribution is -2.22. The molecule has 0 N–H and O–H groups in total. The van der Waals surface area contributed by atoms with Crippen LogP contribution in [0.5, 0.6) is 0 Å². The van der Waals surface area contributed by atoms with E-state index < -0.39 is 0 Å². The van der Waals surface area contributed by atoms with Crippen LogP contribution in [0.1, 0.15) is 11.3 Å². The van der Waals surface area contributed by atoms with Gasteiger partial charge in [0.1, 0.15) is 5.65 Å². The first-order valence-electron chi connectivity index (χ1n) is 10.7. The van der Waals surface area contributed by atoms with Gasteiger partial charge in [-0.25, -0.2) is 9.67 Å². The van der Waals surface area contributed by atoms with Crippen molar-refractivity contribution in [2.45, 2.75) is 13.1 Å². The summed E-state index contributed by atoms with van der Waals surface area (Å²) in [6, 6.07) is 22.7. The number of fused-ring (bicyclic) bond motifs is 1. The van der Waals surface area contributed by atoms with E-state index >= 15 is 0 Å². The van der Waals surface area contributed by atoms with Crippen molar-refractivity contribution in [1.29, 1.82) is 0 Å². The van der Waals surface area contributed by atoms with E-state index in [4.69, 9.17) is 28.3 Å².